The molecule has 0 aliphatic heterocycles. The molecule has 0 radical (unpaired) electrons. The molecule has 0 bridgehead atoms. The summed E-state index contributed by atoms with van der Waals surface area (Å²) >= 11 is 0. The van der Waals surface area contributed by atoms with Gasteiger partial charge in [-0.1, -0.05) is 61.9 Å². The second-order valence-electron chi connectivity index (χ2n) is 12.3. The van der Waals surface area contributed by atoms with Gasteiger partial charge in [0.2, 0.25) is 0 Å². The second kappa shape index (κ2) is 15.6. The van der Waals surface area contributed by atoms with E-state index < -0.39 is 12.0 Å². The molecule has 234 valence electrons. The minimum absolute atomic E-state index is 0. The van der Waals surface area contributed by atoms with Crippen molar-refractivity contribution in [2.45, 2.75) is 89.9 Å². The van der Waals surface area contributed by atoms with Crippen LogP contribution in [0.2, 0.25) is 0 Å². The second-order valence-corrected chi connectivity index (χ2v) is 12.3. The van der Waals surface area contributed by atoms with Gasteiger partial charge in [-0.3, -0.25) is 9.36 Å². The van der Waals surface area contributed by atoms with E-state index in [0.29, 0.717) is 18.6 Å². The van der Waals surface area contributed by atoms with Gasteiger partial charge in [-0.25, -0.2) is 9.51 Å². The number of hydrogen-bond donors (Lipinski definition) is 4. The van der Waals surface area contributed by atoms with Crippen molar-refractivity contribution in [3.63, 3.8) is 0 Å². The summed E-state index contributed by atoms with van der Waals surface area (Å²) in [4.78, 5) is 18.0. The fourth-order valence-electron chi connectivity index (χ4n) is 6.16. The third kappa shape index (κ3) is 8.59. The molecule has 11 heteroatoms. The normalized spacial score (nSPS) is 17.5. The van der Waals surface area contributed by atoms with Crippen LogP contribution in [0.4, 0.5) is 0 Å². The van der Waals surface area contributed by atoms with Crippen molar-refractivity contribution in [3.8, 4) is 11.1 Å². The molecule has 5 rings (SSSR count). The van der Waals surface area contributed by atoms with Crippen LogP contribution >= 0.6 is 0 Å². The smallest absolute Gasteiger partial charge is 0.388 e. The monoisotopic (exact) mass is 640 g/mol. The summed E-state index contributed by atoms with van der Waals surface area (Å²) in [6.45, 7) is 5.89. The number of nitrogens with zero attached hydrogens (tertiary/aromatic N) is 4. The first-order valence-electron chi connectivity index (χ1n) is 15.4. The SMILES string of the molecule is CCCc1c(Cc2ccc(-c3ccccc3C(N)=NC(O)O)cc2)c(=O)n(C2CCC(OCC(C)(C)O)CC2)c2ccnn12.[K+]. The van der Waals surface area contributed by atoms with Gasteiger partial charge in [-0.15, -0.1) is 0 Å². The van der Waals surface area contributed by atoms with Gasteiger partial charge < -0.3 is 25.8 Å². The zero-order valence-corrected chi connectivity index (χ0v) is 29.8. The van der Waals surface area contributed by atoms with Crippen LogP contribution in [0.3, 0.4) is 0 Å². The van der Waals surface area contributed by atoms with Crippen molar-refractivity contribution in [1.29, 1.82) is 0 Å². The van der Waals surface area contributed by atoms with E-state index in [1.54, 1.807) is 26.1 Å². The van der Waals surface area contributed by atoms with Gasteiger partial charge in [-0.2, -0.15) is 5.10 Å². The minimum Gasteiger partial charge on any atom is -0.388 e. The maximum atomic E-state index is 14.3. The van der Waals surface area contributed by atoms with Crippen LogP contribution in [0.25, 0.3) is 16.8 Å². The van der Waals surface area contributed by atoms with Crippen LogP contribution in [0.1, 0.15) is 81.3 Å². The Bertz CT molecular complexity index is 1670. The number of fused-ring (bicyclic) bond motifs is 1. The predicted octanol–water partition coefficient (Wildman–Crippen LogP) is 0.955. The number of aliphatic imine (C=N–C) groups is 1. The van der Waals surface area contributed by atoms with Gasteiger partial charge in [0.25, 0.3) is 12.0 Å². The van der Waals surface area contributed by atoms with E-state index in [4.69, 9.17) is 10.5 Å². The quantitative estimate of drug-likeness (QED) is 0.0827. The molecule has 0 atom stereocenters. The summed E-state index contributed by atoms with van der Waals surface area (Å²) in [5, 5.41) is 33.2. The number of aromatic nitrogens is 3. The average Bonchev–Trinajstić information content (AvgIpc) is 3.47. The molecule has 1 fully saturated rings. The number of nitrogens with two attached hydrogens (primary N) is 1. The van der Waals surface area contributed by atoms with Gasteiger partial charge >= 0.3 is 51.4 Å². The Morgan fingerprint density at radius 2 is 1.78 bits per heavy atom. The Morgan fingerprint density at radius 3 is 2.42 bits per heavy atom. The summed E-state index contributed by atoms with van der Waals surface area (Å²) in [7, 11) is 0. The van der Waals surface area contributed by atoms with Crippen LogP contribution in [0, 0.1) is 0 Å². The van der Waals surface area contributed by atoms with Gasteiger partial charge in [-0.05, 0) is 62.6 Å². The molecule has 0 unspecified atom stereocenters. The molecule has 1 aliphatic carbocycles. The van der Waals surface area contributed by atoms with Gasteiger partial charge in [0, 0.05) is 29.7 Å². The predicted molar refractivity (Wildman–Crippen MR) is 171 cm³/mol. The molecular weight excluding hydrogens is 598 g/mol. The molecule has 2 aromatic heterocycles. The van der Waals surface area contributed by atoms with Gasteiger partial charge in [0.15, 0.2) is 0 Å². The maximum Gasteiger partial charge on any atom is 1.00 e. The molecule has 4 aromatic rings. The van der Waals surface area contributed by atoms with E-state index in [2.05, 4.69) is 17.0 Å². The zero-order valence-electron chi connectivity index (χ0n) is 26.7. The van der Waals surface area contributed by atoms with Crippen molar-refractivity contribution in [2.24, 2.45) is 10.7 Å². The number of ether oxygens (including phenoxy) is 1. The summed E-state index contributed by atoms with van der Waals surface area (Å²) in [6, 6.07) is 17.4. The Morgan fingerprint density at radius 1 is 1.09 bits per heavy atom. The summed E-state index contributed by atoms with van der Waals surface area (Å²) in [6.07, 6.45) is 5.34. The molecule has 0 saturated heterocycles. The standard InChI is InChI=1S/C34H43N5O5.K/c1-4-7-29-28(20-22-10-12-23(13-11-22)26-8-5-6-9-27(26)31(35)37-33(41)42)32(40)38(30-18-19-36-39(29)30)24-14-16-25(17-15-24)44-21-34(2,3)43;/h5-6,8-13,18-19,24-25,33,41-43H,4,7,14-17,20-21H2,1-3H3,(H2,35,37);/q;+1. The first-order chi connectivity index (χ1) is 21.1. The van der Waals surface area contributed by atoms with Crippen molar-refractivity contribution < 1.29 is 71.4 Å². The van der Waals surface area contributed by atoms with Crippen LogP contribution in [-0.4, -0.2) is 60.1 Å². The van der Waals surface area contributed by atoms with Crippen LogP contribution in [0.5, 0.6) is 0 Å². The number of rotatable bonds is 11. The van der Waals surface area contributed by atoms with Crippen molar-refractivity contribution in [2.75, 3.05) is 6.61 Å². The Balaban J connectivity index is 0.00000461. The molecule has 0 amide bonds. The van der Waals surface area contributed by atoms with Crippen LogP contribution < -0.4 is 62.7 Å². The van der Waals surface area contributed by atoms with E-state index >= 15 is 0 Å². The number of aliphatic hydroxyl groups excluding tert-OH is 1. The largest absolute Gasteiger partial charge is 1.00 e. The van der Waals surface area contributed by atoms with Crippen LogP contribution in [0.15, 0.2) is 70.6 Å². The Kier molecular flexibility index (Phi) is 12.4. The van der Waals surface area contributed by atoms with Crippen molar-refractivity contribution in [3.05, 3.63) is 93.5 Å². The molecule has 1 saturated carbocycles. The molecular formula is C34H43KN5O5+. The van der Waals surface area contributed by atoms with E-state index in [1.807, 2.05) is 57.6 Å². The first-order valence-corrected chi connectivity index (χ1v) is 15.4. The molecule has 45 heavy (non-hydrogen) atoms. The first kappa shape index (κ1) is 35.7. The average molecular weight is 641 g/mol. The number of aliphatic hydroxyl groups is 3. The topological polar surface area (TPSA) is 148 Å². The van der Waals surface area contributed by atoms with Crippen LogP contribution in [-0.2, 0) is 17.6 Å². The maximum absolute atomic E-state index is 14.3. The molecule has 5 N–H and O–H groups in total. The zero-order chi connectivity index (χ0) is 31.4. The molecule has 2 heterocycles. The van der Waals surface area contributed by atoms with Gasteiger partial charge in [0.1, 0.15) is 11.5 Å². The Hall–Kier alpha value is -2.19. The fraction of sp³-hybridized carbons (Fsp3) is 0.441. The Labute approximate surface area is 306 Å². The molecule has 1 aliphatic rings. The number of aryl methyl sites for hydroxylation is 1. The van der Waals surface area contributed by atoms with Gasteiger partial charge in [0.05, 0.1) is 30.2 Å². The third-order valence-corrected chi connectivity index (χ3v) is 8.22. The molecule has 10 nitrogen and oxygen atoms in total. The summed E-state index contributed by atoms with van der Waals surface area (Å²) in [5.74, 6) is 0.0368. The van der Waals surface area contributed by atoms with E-state index in [-0.39, 0.29) is 74.9 Å². The summed E-state index contributed by atoms with van der Waals surface area (Å²) < 4.78 is 9.86. The van der Waals surface area contributed by atoms with Crippen molar-refractivity contribution >= 4 is 11.5 Å². The van der Waals surface area contributed by atoms with E-state index in [9.17, 15) is 20.1 Å². The minimum atomic E-state index is -1.89. The third-order valence-electron chi connectivity index (χ3n) is 8.22. The summed E-state index contributed by atoms with van der Waals surface area (Å²) in [5.41, 5.74) is 11.0. The number of amidine groups is 1. The van der Waals surface area contributed by atoms with E-state index in [1.165, 1.54) is 0 Å². The number of hydrogen-bond acceptors (Lipinski definition) is 7. The molecule has 2 aromatic carbocycles. The van der Waals surface area contributed by atoms with Crippen molar-refractivity contribution in [1.82, 2.24) is 14.2 Å². The van der Waals surface area contributed by atoms with E-state index in [0.717, 1.165) is 72.1 Å². The fourth-order valence-corrected chi connectivity index (χ4v) is 6.16. The number of benzene rings is 2. The molecule has 0 spiro atoms.